The summed E-state index contributed by atoms with van der Waals surface area (Å²) < 4.78 is 6.00. The fourth-order valence-corrected chi connectivity index (χ4v) is 3.18. The van der Waals surface area contributed by atoms with Gasteiger partial charge in [0.2, 0.25) is 0 Å². The average Bonchev–Trinajstić information content (AvgIpc) is 2.65. The molecule has 1 N–H and O–H groups in total. The number of carbonyl (C=O) groups excluding carboxylic acids is 1. The zero-order valence-corrected chi connectivity index (χ0v) is 15.5. The average molecular weight is 369 g/mol. The van der Waals surface area contributed by atoms with Crippen LogP contribution in [0.4, 0.5) is 11.4 Å². The van der Waals surface area contributed by atoms with Crippen LogP contribution in [0, 0.1) is 17.0 Å². The first-order chi connectivity index (χ1) is 12.9. The Balaban J connectivity index is 1.64. The summed E-state index contributed by atoms with van der Waals surface area (Å²) in [6, 6.07) is 11.7. The summed E-state index contributed by atoms with van der Waals surface area (Å²) in [7, 11) is 2.11. The summed E-state index contributed by atoms with van der Waals surface area (Å²) in [5.41, 5.74) is 1.18. The number of nitrogens with one attached hydrogen (secondary N) is 1. The van der Waals surface area contributed by atoms with Gasteiger partial charge < -0.3 is 15.0 Å². The van der Waals surface area contributed by atoms with E-state index in [0.717, 1.165) is 31.7 Å². The highest BCUT2D eigenvalue weighted by molar-refractivity contribution is 6.05. The molecule has 27 heavy (non-hydrogen) atoms. The third-order valence-corrected chi connectivity index (χ3v) is 4.83. The van der Waals surface area contributed by atoms with Crippen LogP contribution in [-0.2, 0) is 0 Å². The second-order valence-electron chi connectivity index (χ2n) is 6.81. The number of nitrogens with zero attached hydrogens (tertiary/aromatic N) is 2. The second-order valence-corrected chi connectivity index (χ2v) is 6.81. The highest BCUT2D eigenvalue weighted by Crippen LogP contribution is 2.24. The van der Waals surface area contributed by atoms with E-state index in [-0.39, 0.29) is 23.3 Å². The number of nitro groups is 1. The molecule has 0 aliphatic carbocycles. The second kappa shape index (κ2) is 8.18. The SMILES string of the molecule is Cc1c(C(=O)Nc2ccc(OC3CCN(C)CC3)cc2)cccc1[N+](=O)[O-]. The first-order valence-corrected chi connectivity index (χ1v) is 8.94. The van der Waals surface area contributed by atoms with Crippen molar-refractivity contribution in [3.05, 3.63) is 63.7 Å². The fraction of sp³-hybridized carbons (Fsp3) is 0.350. The van der Waals surface area contributed by atoms with Gasteiger partial charge in [-0.1, -0.05) is 6.07 Å². The van der Waals surface area contributed by atoms with Gasteiger partial charge in [0.25, 0.3) is 11.6 Å². The Morgan fingerprint density at radius 3 is 2.48 bits per heavy atom. The molecule has 2 aromatic rings. The molecule has 7 heteroatoms. The van der Waals surface area contributed by atoms with Crippen molar-refractivity contribution in [3.8, 4) is 5.75 Å². The van der Waals surface area contributed by atoms with Crippen LogP contribution in [0.5, 0.6) is 5.75 Å². The third-order valence-electron chi connectivity index (χ3n) is 4.83. The molecule has 142 valence electrons. The molecule has 1 aliphatic heterocycles. The van der Waals surface area contributed by atoms with Gasteiger partial charge in [0.1, 0.15) is 11.9 Å². The van der Waals surface area contributed by atoms with Crippen molar-refractivity contribution in [1.82, 2.24) is 4.90 Å². The maximum Gasteiger partial charge on any atom is 0.273 e. The minimum Gasteiger partial charge on any atom is -0.490 e. The van der Waals surface area contributed by atoms with E-state index in [2.05, 4.69) is 17.3 Å². The van der Waals surface area contributed by atoms with Crippen molar-refractivity contribution < 1.29 is 14.5 Å². The molecule has 2 aromatic carbocycles. The van der Waals surface area contributed by atoms with Crippen LogP contribution in [0.2, 0.25) is 0 Å². The van der Waals surface area contributed by atoms with Crippen LogP contribution < -0.4 is 10.1 Å². The quantitative estimate of drug-likeness (QED) is 0.643. The lowest BCUT2D eigenvalue weighted by Gasteiger charge is -2.29. The molecule has 3 rings (SSSR count). The lowest BCUT2D eigenvalue weighted by atomic mass is 10.1. The molecule has 1 aliphatic rings. The number of anilines is 1. The Morgan fingerprint density at radius 2 is 1.85 bits per heavy atom. The number of carbonyl (C=O) groups is 1. The number of ether oxygens (including phenoxy) is 1. The molecule has 0 radical (unpaired) electrons. The van der Waals surface area contributed by atoms with Crippen molar-refractivity contribution in [2.45, 2.75) is 25.9 Å². The number of nitro benzene ring substituents is 1. The van der Waals surface area contributed by atoms with E-state index in [1.54, 1.807) is 25.1 Å². The number of rotatable bonds is 5. The number of hydrogen-bond acceptors (Lipinski definition) is 5. The van der Waals surface area contributed by atoms with Crippen molar-refractivity contribution in [2.75, 3.05) is 25.5 Å². The first-order valence-electron chi connectivity index (χ1n) is 8.94. The van der Waals surface area contributed by atoms with Crippen molar-refractivity contribution in [1.29, 1.82) is 0 Å². The van der Waals surface area contributed by atoms with Gasteiger partial charge in [-0.2, -0.15) is 0 Å². The summed E-state index contributed by atoms with van der Waals surface area (Å²) in [5.74, 6) is 0.397. The summed E-state index contributed by atoms with van der Waals surface area (Å²) in [4.78, 5) is 25.3. The number of likely N-dealkylation sites (tertiary alicyclic amines) is 1. The van der Waals surface area contributed by atoms with Crippen LogP contribution >= 0.6 is 0 Å². The predicted molar refractivity (Wildman–Crippen MR) is 103 cm³/mol. The summed E-state index contributed by atoms with van der Waals surface area (Å²) in [6.45, 7) is 3.63. The topological polar surface area (TPSA) is 84.7 Å². The van der Waals surface area contributed by atoms with E-state index in [0.29, 0.717) is 11.3 Å². The first kappa shape index (κ1) is 18.8. The van der Waals surface area contributed by atoms with Gasteiger partial charge in [0.15, 0.2) is 0 Å². The van der Waals surface area contributed by atoms with Gasteiger partial charge >= 0.3 is 0 Å². The maximum absolute atomic E-state index is 12.5. The molecule has 1 fully saturated rings. The molecule has 0 atom stereocenters. The van der Waals surface area contributed by atoms with Crippen LogP contribution in [0.1, 0.15) is 28.8 Å². The van der Waals surface area contributed by atoms with E-state index < -0.39 is 4.92 Å². The zero-order chi connectivity index (χ0) is 19.4. The van der Waals surface area contributed by atoms with Crippen LogP contribution in [-0.4, -0.2) is 42.0 Å². The zero-order valence-electron chi connectivity index (χ0n) is 15.5. The molecular formula is C20H23N3O4. The predicted octanol–water partition coefficient (Wildman–Crippen LogP) is 3.63. The molecule has 0 saturated carbocycles. The number of piperidine rings is 1. The minimum atomic E-state index is -0.485. The molecule has 7 nitrogen and oxygen atoms in total. The third kappa shape index (κ3) is 4.62. The Morgan fingerprint density at radius 1 is 1.19 bits per heavy atom. The van der Waals surface area contributed by atoms with Gasteiger partial charge in [-0.05, 0) is 57.1 Å². The Labute approximate surface area is 158 Å². The van der Waals surface area contributed by atoms with E-state index in [1.165, 1.54) is 12.1 Å². The van der Waals surface area contributed by atoms with Crippen LogP contribution in [0.25, 0.3) is 0 Å². The van der Waals surface area contributed by atoms with Gasteiger partial charge in [0.05, 0.1) is 4.92 Å². The monoisotopic (exact) mass is 369 g/mol. The van der Waals surface area contributed by atoms with Crippen molar-refractivity contribution in [2.24, 2.45) is 0 Å². The van der Waals surface area contributed by atoms with Crippen LogP contribution in [0.15, 0.2) is 42.5 Å². The molecule has 1 saturated heterocycles. The lowest BCUT2D eigenvalue weighted by molar-refractivity contribution is -0.385. The largest absolute Gasteiger partial charge is 0.490 e. The van der Waals surface area contributed by atoms with Gasteiger partial charge in [-0.3, -0.25) is 14.9 Å². The lowest BCUT2D eigenvalue weighted by Crippen LogP contribution is -2.35. The van der Waals surface area contributed by atoms with E-state index in [4.69, 9.17) is 4.74 Å². The van der Waals surface area contributed by atoms with E-state index >= 15 is 0 Å². The van der Waals surface area contributed by atoms with E-state index in [1.807, 2.05) is 12.1 Å². The van der Waals surface area contributed by atoms with E-state index in [9.17, 15) is 14.9 Å². The molecule has 0 bridgehead atoms. The van der Waals surface area contributed by atoms with Gasteiger partial charge in [0, 0.05) is 36.0 Å². The summed E-state index contributed by atoms with van der Waals surface area (Å²) >= 11 is 0. The number of amides is 1. The Bertz CT molecular complexity index is 828. The molecular weight excluding hydrogens is 346 g/mol. The van der Waals surface area contributed by atoms with Gasteiger partial charge in [-0.15, -0.1) is 0 Å². The highest BCUT2D eigenvalue weighted by atomic mass is 16.6. The normalized spacial score (nSPS) is 15.3. The fourth-order valence-electron chi connectivity index (χ4n) is 3.18. The van der Waals surface area contributed by atoms with Crippen molar-refractivity contribution >= 4 is 17.3 Å². The maximum atomic E-state index is 12.5. The molecule has 0 unspecified atom stereocenters. The Hall–Kier alpha value is -2.93. The van der Waals surface area contributed by atoms with Crippen LogP contribution in [0.3, 0.4) is 0 Å². The summed E-state index contributed by atoms with van der Waals surface area (Å²) in [6.07, 6.45) is 2.22. The highest BCUT2D eigenvalue weighted by Gasteiger charge is 2.19. The Kier molecular flexibility index (Phi) is 5.71. The number of hydrogen-bond donors (Lipinski definition) is 1. The molecule has 0 aromatic heterocycles. The molecule has 0 spiro atoms. The molecule has 1 heterocycles. The molecule has 1 amide bonds. The van der Waals surface area contributed by atoms with Gasteiger partial charge in [-0.25, -0.2) is 0 Å². The standard InChI is InChI=1S/C20H23N3O4/c1-14-18(4-3-5-19(14)23(25)26)20(24)21-15-6-8-16(9-7-15)27-17-10-12-22(2)13-11-17/h3-9,17H,10-13H2,1-2H3,(H,21,24). The van der Waals surface area contributed by atoms with Crippen molar-refractivity contribution in [3.63, 3.8) is 0 Å². The summed E-state index contributed by atoms with van der Waals surface area (Å²) in [5, 5.41) is 13.8. The minimum absolute atomic E-state index is 0.0653. The number of benzene rings is 2. The smallest absolute Gasteiger partial charge is 0.273 e.